The maximum absolute atomic E-state index is 14.9. The second kappa shape index (κ2) is 34.3. The number of unbranched alkanes of at least 4 members (excludes halogenated alkanes) is 20. The molecule has 74 heavy (non-hydrogen) atoms. The van der Waals surface area contributed by atoms with E-state index in [-0.39, 0.29) is 63.0 Å². The van der Waals surface area contributed by atoms with Crippen molar-refractivity contribution >= 4 is 17.9 Å². The van der Waals surface area contributed by atoms with Gasteiger partial charge in [-0.1, -0.05) is 172 Å². The molecular formula is C61H94FN3O9. The highest BCUT2D eigenvalue weighted by Gasteiger charge is 2.65. The summed E-state index contributed by atoms with van der Waals surface area (Å²) in [7, 11) is 1.52. The Kier molecular flexibility index (Phi) is 28.0. The van der Waals surface area contributed by atoms with E-state index in [0.717, 1.165) is 81.8 Å². The number of hydrogen-bond acceptors (Lipinski definition) is 10. The third-order valence-corrected chi connectivity index (χ3v) is 15.5. The van der Waals surface area contributed by atoms with Crippen LogP contribution in [0.2, 0.25) is 0 Å². The number of halogens is 1. The fraction of sp³-hybridized carbons (Fsp3) is 0.689. The monoisotopic (exact) mass is 1030 g/mol. The van der Waals surface area contributed by atoms with Crippen molar-refractivity contribution < 1.29 is 48.0 Å². The predicted molar refractivity (Wildman–Crippen MR) is 293 cm³/mol. The van der Waals surface area contributed by atoms with Gasteiger partial charge in [0.15, 0.2) is 0 Å². The maximum Gasteiger partial charge on any atom is 0.412 e. The zero-order chi connectivity index (χ0) is 52.8. The number of carbonyl (C=O) groups excluding carboxylic acids is 2. The lowest BCUT2D eigenvalue weighted by atomic mass is 9.55. The summed E-state index contributed by atoms with van der Waals surface area (Å²) in [6, 6.07) is 10.8. The fourth-order valence-electron chi connectivity index (χ4n) is 11.7. The number of allylic oxidation sites excluding steroid dienone is 1. The summed E-state index contributed by atoms with van der Waals surface area (Å²) in [5, 5.41) is 27.7. The number of oxime groups is 1. The molecule has 0 radical (unpaired) electrons. The summed E-state index contributed by atoms with van der Waals surface area (Å²) in [5.74, 6) is -1.89. The molecule has 0 bridgehead atoms. The number of ether oxygens (including phenoxy) is 4. The SMILES string of the molecule is C=CCO[C@@]12Oc3ccc(OC(=O)NCCCCCCCCCCCC)cc3[C@H]3[C@H](CCCCO)[C@@H](CCCCO)C=C(C(=NOC)C[C@@H]1N(Cc1ccc(F)cc1)C(=O)OCCCCCCCCCCCC)[C@H]32. The third kappa shape index (κ3) is 18.4. The van der Waals surface area contributed by atoms with E-state index >= 15 is 0 Å². The second-order valence-corrected chi connectivity index (χ2v) is 21.0. The number of benzene rings is 2. The summed E-state index contributed by atoms with van der Waals surface area (Å²) in [5.41, 5.74) is 3.06. The van der Waals surface area contributed by atoms with E-state index in [9.17, 15) is 24.2 Å². The van der Waals surface area contributed by atoms with E-state index in [1.165, 1.54) is 103 Å². The largest absolute Gasteiger partial charge is 0.459 e. The van der Waals surface area contributed by atoms with Gasteiger partial charge in [0.2, 0.25) is 5.79 Å². The quantitative estimate of drug-likeness (QED) is 0.0339. The minimum Gasteiger partial charge on any atom is -0.459 e. The Bertz CT molecular complexity index is 2000. The van der Waals surface area contributed by atoms with Crippen LogP contribution in [0.3, 0.4) is 0 Å². The molecule has 414 valence electrons. The van der Waals surface area contributed by atoms with Gasteiger partial charge in [0.05, 0.1) is 24.8 Å². The Labute approximate surface area is 444 Å². The molecule has 0 saturated heterocycles. The van der Waals surface area contributed by atoms with Crippen LogP contribution in [-0.4, -0.2) is 84.9 Å². The zero-order valence-electron chi connectivity index (χ0n) is 45.6. The Morgan fingerprint density at radius 2 is 1.42 bits per heavy atom. The first kappa shape index (κ1) is 60.4. The lowest BCUT2D eigenvalue weighted by Gasteiger charge is -2.59. The highest BCUT2D eigenvalue weighted by atomic mass is 19.1. The molecule has 13 heteroatoms. The van der Waals surface area contributed by atoms with E-state index in [2.05, 4.69) is 31.8 Å². The van der Waals surface area contributed by atoms with Crippen molar-refractivity contribution in [3.63, 3.8) is 0 Å². The zero-order valence-corrected chi connectivity index (χ0v) is 45.6. The van der Waals surface area contributed by atoms with Crippen LogP contribution in [0.15, 0.2) is 71.9 Å². The van der Waals surface area contributed by atoms with Crippen LogP contribution in [-0.2, 0) is 20.9 Å². The first-order valence-electron chi connectivity index (χ1n) is 29.0. The van der Waals surface area contributed by atoms with Crippen molar-refractivity contribution in [1.29, 1.82) is 0 Å². The average molecular weight is 1030 g/mol. The number of fused-ring (bicyclic) bond motifs is 2. The van der Waals surface area contributed by atoms with Crippen LogP contribution in [0.1, 0.15) is 204 Å². The number of aliphatic hydroxyl groups is 2. The molecule has 0 spiro atoms. The van der Waals surface area contributed by atoms with Crippen molar-refractivity contribution in [3.8, 4) is 11.5 Å². The number of amides is 2. The maximum atomic E-state index is 14.9. The molecule has 2 aromatic rings. The minimum atomic E-state index is -1.53. The summed E-state index contributed by atoms with van der Waals surface area (Å²) in [6.45, 7) is 9.58. The molecule has 0 aromatic heterocycles. The van der Waals surface area contributed by atoms with E-state index < -0.39 is 29.9 Å². The number of aliphatic hydroxyl groups excluding tert-OH is 2. The van der Waals surface area contributed by atoms with Crippen LogP contribution in [0.25, 0.3) is 0 Å². The van der Waals surface area contributed by atoms with Crippen molar-refractivity contribution in [2.45, 2.75) is 212 Å². The molecule has 12 nitrogen and oxygen atoms in total. The van der Waals surface area contributed by atoms with Crippen molar-refractivity contribution in [2.75, 3.05) is 40.1 Å². The summed E-state index contributed by atoms with van der Waals surface area (Å²) >= 11 is 0. The van der Waals surface area contributed by atoms with Gasteiger partial charge < -0.3 is 39.3 Å². The molecule has 1 saturated carbocycles. The molecule has 6 atom stereocenters. The number of carbonyl (C=O) groups is 2. The molecular weight excluding hydrogens is 938 g/mol. The number of nitrogens with one attached hydrogen (secondary N) is 1. The highest BCUT2D eigenvalue weighted by molar-refractivity contribution is 6.03. The molecule has 3 aliphatic rings. The second-order valence-electron chi connectivity index (χ2n) is 21.0. The number of hydrogen-bond donors (Lipinski definition) is 3. The third-order valence-electron chi connectivity index (χ3n) is 15.5. The van der Waals surface area contributed by atoms with Crippen LogP contribution in [0.4, 0.5) is 14.0 Å². The Hall–Kier alpha value is -4.46. The molecule has 3 N–H and O–H groups in total. The summed E-state index contributed by atoms with van der Waals surface area (Å²) in [6.07, 6.45) is 30.9. The smallest absolute Gasteiger partial charge is 0.412 e. The Morgan fingerprint density at radius 3 is 2.03 bits per heavy atom. The van der Waals surface area contributed by atoms with Crippen molar-refractivity contribution in [3.05, 3.63) is 83.7 Å². The molecule has 0 unspecified atom stereocenters. The topological polar surface area (TPSA) is 148 Å². The molecule has 2 aromatic carbocycles. The van der Waals surface area contributed by atoms with Crippen LogP contribution >= 0.6 is 0 Å². The molecule has 2 amide bonds. The van der Waals surface area contributed by atoms with Gasteiger partial charge >= 0.3 is 12.2 Å². The molecule has 1 fully saturated rings. The van der Waals surface area contributed by atoms with Crippen LogP contribution in [0, 0.1) is 23.6 Å². The lowest BCUT2D eigenvalue weighted by molar-refractivity contribution is -0.256. The van der Waals surface area contributed by atoms with Crippen molar-refractivity contribution in [1.82, 2.24) is 10.2 Å². The summed E-state index contributed by atoms with van der Waals surface area (Å²) < 4.78 is 41.1. The van der Waals surface area contributed by atoms with Gasteiger partial charge in [0.1, 0.15) is 30.5 Å². The van der Waals surface area contributed by atoms with Gasteiger partial charge in [0.25, 0.3) is 0 Å². The number of rotatable bonds is 38. The molecule has 5 rings (SSSR count). The van der Waals surface area contributed by atoms with Crippen LogP contribution < -0.4 is 14.8 Å². The first-order valence-corrected chi connectivity index (χ1v) is 29.0. The van der Waals surface area contributed by atoms with E-state index in [4.69, 9.17) is 28.9 Å². The first-order chi connectivity index (χ1) is 36.2. The van der Waals surface area contributed by atoms with Crippen molar-refractivity contribution in [2.24, 2.45) is 22.9 Å². The van der Waals surface area contributed by atoms with Gasteiger partial charge in [-0.25, -0.2) is 14.0 Å². The van der Waals surface area contributed by atoms with Gasteiger partial charge in [-0.2, -0.15) is 0 Å². The van der Waals surface area contributed by atoms with Gasteiger partial charge in [-0.15, -0.1) is 6.58 Å². The van der Waals surface area contributed by atoms with E-state index in [1.54, 1.807) is 29.2 Å². The standard InChI is InChI=1S/C61H94FN3O9/c1-5-8-10-12-14-16-18-20-22-26-38-63-59(68)73-50-36-37-55-53(44-50)57-51(31-25-28-40-67)48(30-24-27-39-66)43-52-54(64-70-4)45-56(61(74-55,58(52)57)72-41-7-3)65(46-47-32-34-49(62)35-33-47)60(69)71-42-29-23-21-19-17-15-13-11-9-6-2/h7,32-37,43-44,48,51,56-58,66-67H,3,5-6,8-31,38-42,45-46H2,1-2,4H3,(H,63,68)/t48-,51+,56-,57+,58+,61+/m0/s1. The highest BCUT2D eigenvalue weighted by Crippen LogP contribution is 2.62. The van der Waals surface area contributed by atoms with Crippen LogP contribution in [0.5, 0.6) is 11.5 Å². The lowest BCUT2D eigenvalue weighted by Crippen LogP contribution is -2.70. The fourth-order valence-corrected chi connectivity index (χ4v) is 11.7. The van der Waals surface area contributed by atoms with Gasteiger partial charge in [-0.05, 0) is 91.8 Å². The van der Waals surface area contributed by atoms with E-state index in [0.29, 0.717) is 42.2 Å². The molecule has 2 aliphatic carbocycles. The van der Waals surface area contributed by atoms with E-state index in [1.807, 2.05) is 12.1 Å². The van der Waals surface area contributed by atoms with Gasteiger partial charge in [-0.3, -0.25) is 4.90 Å². The molecule has 1 heterocycles. The average Bonchev–Trinajstić information content (AvgIpc) is 3.40. The summed E-state index contributed by atoms with van der Waals surface area (Å²) in [4.78, 5) is 35.6. The van der Waals surface area contributed by atoms with Gasteiger partial charge in [0, 0.05) is 44.2 Å². The Morgan fingerprint density at radius 1 is 0.811 bits per heavy atom. The predicted octanol–water partition coefficient (Wildman–Crippen LogP) is 14.7. The Balaban J connectivity index is 1.49. The number of nitrogens with zero attached hydrogens (tertiary/aromatic N) is 2. The normalized spacial score (nSPS) is 21.2. The molecule has 1 aliphatic heterocycles. The minimum absolute atomic E-state index is 0.0217.